The topological polar surface area (TPSA) is 29.5 Å². The fourth-order valence-electron chi connectivity index (χ4n) is 1.13. The number of rotatable bonds is 5. The first-order chi connectivity index (χ1) is 7.54. The first-order valence-corrected chi connectivity index (χ1v) is 6.21. The van der Waals surface area contributed by atoms with Gasteiger partial charge in [0.2, 0.25) is 0 Å². The Bertz CT molecular complexity index is 342. The maximum absolute atomic E-state index is 13.5. The molecule has 1 rings (SSSR count). The molecule has 0 saturated heterocycles. The molecule has 0 aromatic heterocycles. The molecule has 0 aliphatic rings. The minimum Gasteiger partial charge on any atom is -0.497 e. The maximum atomic E-state index is 13.5. The van der Waals surface area contributed by atoms with E-state index < -0.39 is 0 Å². The van der Waals surface area contributed by atoms with Crippen LogP contribution in [0.5, 0.6) is 5.75 Å². The van der Waals surface area contributed by atoms with Crippen LogP contribution in [0.1, 0.15) is 19.4 Å². The van der Waals surface area contributed by atoms with E-state index in [0.717, 1.165) is 0 Å². The molecular weight excluding hydrogens is 227 g/mol. The number of benzene rings is 1. The van der Waals surface area contributed by atoms with Gasteiger partial charge in [0, 0.05) is 17.1 Å². The number of hydrogen-bond donors (Lipinski definition) is 1. The first kappa shape index (κ1) is 13.3. The smallest absolute Gasteiger partial charge is 0.130 e. The Balaban J connectivity index is 2.61. The van der Waals surface area contributed by atoms with Crippen LogP contribution in [-0.4, -0.2) is 23.6 Å². The lowest BCUT2D eigenvalue weighted by molar-refractivity contribution is 0.196. The lowest BCUT2D eigenvalue weighted by Crippen LogP contribution is -2.15. The molecule has 4 heteroatoms. The molecule has 0 aliphatic heterocycles. The Labute approximate surface area is 99.8 Å². The zero-order valence-electron chi connectivity index (χ0n) is 9.74. The molecule has 0 saturated carbocycles. The summed E-state index contributed by atoms with van der Waals surface area (Å²) in [5.41, 5.74) is 0.637. The van der Waals surface area contributed by atoms with Crippen LogP contribution in [0, 0.1) is 5.82 Å². The highest BCUT2D eigenvalue weighted by atomic mass is 32.2. The van der Waals surface area contributed by atoms with Gasteiger partial charge in [0.25, 0.3) is 0 Å². The van der Waals surface area contributed by atoms with Gasteiger partial charge >= 0.3 is 0 Å². The average Bonchev–Trinajstić information content (AvgIpc) is 2.26. The van der Waals surface area contributed by atoms with Crippen LogP contribution in [0.2, 0.25) is 0 Å². The molecule has 1 N–H and O–H groups in total. The van der Waals surface area contributed by atoms with Crippen molar-refractivity contribution in [3.8, 4) is 5.75 Å². The van der Waals surface area contributed by atoms with Gasteiger partial charge in [0.15, 0.2) is 0 Å². The number of aliphatic hydroxyl groups is 1. The zero-order chi connectivity index (χ0) is 12.1. The predicted octanol–water partition coefficient (Wildman–Crippen LogP) is 2.84. The molecule has 1 aromatic rings. The van der Waals surface area contributed by atoms with Gasteiger partial charge in [-0.2, -0.15) is 11.8 Å². The summed E-state index contributed by atoms with van der Waals surface area (Å²) in [5.74, 6) is 0.821. The largest absolute Gasteiger partial charge is 0.497 e. The van der Waals surface area contributed by atoms with Gasteiger partial charge in [-0.05, 0) is 18.6 Å². The van der Waals surface area contributed by atoms with Gasteiger partial charge in [0.1, 0.15) is 11.6 Å². The number of thioether (sulfide) groups is 1. The molecule has 0 amide bonds. The molecule has 1 aromatic carbocycles. The first-order valence-electron chi connectivity index (χ1n) is 5.16. The minimum atomic E-state index is -0.383. The van der Waals surface area contributed by atoms with Crippen LogP contribution in [0.25, 0.3) is 0 Å². The van der Waals surface area contributed by atoms with E-state index in [1.54, 1.807) is 19.1 Å². The molecule has 0 aliphatic carbocycles. The molecule has 2 atom stereocenters. The molecular formula is C12H17FO2S. The molecule has 0 bridgehead atoms. The lowest BCUT2D eigenvalue weighted by atomic mass is 10.2. The van der Waals surface area contributed by atoms with Gasteiger partial charge in [0.05, 0.1) is 13.2 Å². The number of ether oxygens (including phenoxy) is 1. The van der Waals surface area contributed by atoms with E-state index in [4.69, 9.17) is 4.74 Å². The SMILES string of the molecule is COc1ccc(CSC(C)C(C)O)c(F)c1. The third-order valence-corrected chi connectivity index (χ3v) is 3.84. The van der Waals surface area contributed by atoms with Crippen LogP contribution < -0.4 is 4.74 Å². The molecule has 2 nitrogen and oxygen atoms in total. The molecule has 0 heterocycles. The highest BCUT2D eigenvalue weighted by molar-refractivity contribution is 7.99. The Morgan fingerprint density at radius 3 is 2.62 bits per heavy atom. The predicted molar refractivity (Wildman–Crippen MR) is 65.4 cm³/mol. The van der Waals surface area contributed by atoms with Crippen LogP contribution in [0.4, 0.5) is 4.39 Å². The van der Waals surface area contributed by atoms with E-state index in [-0.39, 0.29) is 17.2 Å². The van der Waals surface area contributed by atoms with Crippen molar-refractivity contribution < 1.29 is 14.2 Å². The third kappa shape index (κ3) is 3.68. The van der Waals surface area contributed by atoms with Gasteiger partial charge in [-0.1, -0.05) is 13.0 Å². The molecule has 0 radical (unpaired) electrons. The highest BCUT2D eigenvalue weighted by Crippen LogP contribution is 2.24. The van der Waals surface area contributed by atoms with E-state index >= 15 is 0 Å². The summed E-state index contributed by atoms with van der Waals surface area (Å²) >= 11 is 1.53. The molecule has 0 spiro atoms. The van der Waals surface area contributed by atoms with Gasteiger partial charge in [-0.15, -0.1) is 0 Å². The van der Waals surface area contributed by atoms with Crippen LogP contribution >= 0.6 is 11.8 Å². The number of halogens is 1. The van der Waals surface area contributed by atoms with Crippen LogP contribution in [0.3, 0.4) is 0 Å². The summed E-state index contributed by atoms with van der Waals surface area (Å²) in [5, 5.41) is 9.41. The van der Waals surface area contributed by atoms with Crippen LogP contribution in [-0.2, 0) is 5.75 Å². The monoisotopic (exact) mass is 244 g/mol. The zero-order valence-corrected chi connectivity index (χ0v) is 10.6. The van der Waals surface area contributed by atoms with E-state index in [1.165, 1.54) is 24.9 Å². The second-order valence-corrected chi connectivity index (χ2v) is 5.08. The van der Waals surface area contributed by atoms with E-state index in [1.807, 2.05) is 6.92 Å². The minimum absolute atomic E-state index is 0.0986. The van der Waals surface area contributed by atoms with Gasteiger partial charge in [-0.25, -0.2) is 4.39 Å². The van der Waals surface area contributed by atoms with Crippen molar-refractivity contribution in [2.24, 2.45) is 0 Å². The summed E-state index contributed by atoms with van der Waals surface area (Å²) in [7, 11) is 1.51. The molecule has 0 fully saturated rings. The maximum Gasteiger partial charge on any atom is 0.130 e. The van der Waals surface area contributed by atoms with Crippen LogP contribution in [0.15, 0.2) is 18.2 Å². The van der Waals surface area contributed by atoms with Crippen molar-refractivity contribution in [1.29, 1.82) is 0 Å². The lowest BCUT2D eigenvalue weighted by Gasteiger charge is -2.14. The normalized spacial score (nSPS) is 14.6. The van der Waals surface area contributed by atoms with Crippen molar-refractivity contribution in [3.05, 3.63) is 29.6 Å². The Kier molecular flexibility index (Phi) is 5.09. The second kappa shape index (κ2) is 6.11. The third-order valence-electron chi connectivity index (χ3n) is 2.44. The van der Waals surface area contributed by atoms with Crippen molar-refractivity contribution in [3.63, 3.8) is 0 Å². The highest BCUT2D eigenvalue weighted by Gasteiger charge is 2.11. The van der Waals surface area contributed by atoms with Gasteiger partial charge in [-0.3, -0.25) is 0 Å². The Hall–Kier alpha value is -0.740. The summed E-state index contributed by atoms with van der Waals surface area (Å²) in [6, 6.07) is 4.84. The van der Waals surface area contributed by atoms with E-state index in [9.17, 15) is 9.50 Å². The summed E-state index contributed by atoms with van der Waals surface area (Å²) in [4.78, 5) is 0. The van der Waals surface area contributed by atoms with E-state index in [0.29, 0.717) is 17.1 Å². The molecule has 90 valence electrons. The number of hydrogen-bond acceptors (Lipinski definition) is 3. The standard InChI is InChI=1S/C12H17FO2S/c1-8(14)9(2)16-7-10-4-5-11(15-3)6-12(10)13/h4-6,8-9,14H,7H2,1-3H3. The fraction of sp³-hybridized carbons (Fsp3) is 0.500. The fourth-order valence-corrected chi connectivity index (χ4v) is 2.09. The summed E-state index contributed by atoms with van der Waals surface area (Å²) in [6.45, 7) is 3.67. The Morgan fingerprint density at radius 2 is 2.12 bits per heavy atom. The van der Waals surface area contributed by atoms with Crippen molar-refractivity contribution in [2.75, 3.05) is 7.11 Å². The van der Waals surface area contributed by atoms with Gasteiger partial charge < -0.3 is 9.84 Å². The number of methoxy groups -OCH3 is 1. The average molecular weight is 244 g/mol. The second-order valence-electron chi connectivity index (χ2n) is 3.71. The quantitative estimate of drug-likeness (QED) is 0.863. The number of aliphatic hydroxyl groups excluding tert-OH is 1. The van der Waals surface area contributed by atoms with Crippen molar-refractivity contribution >= 4 is 11.8 Å². The summed E-state index contributed by atoms with van der Waals surface area (Å²) < 4.78 is 18.5. The van der Waals surface area contributed by atoms with Crippen molar-refractivity contribution in [2.45, 2.75) is 31.0 Å². The van der Waals surface area contributed by atoms with E-state index in [2.05, 4.69) is 0 Å². The summed E-state index contributed by atoms with van der Waals surface area (Å²) in [6.07, 6.45) is -0.383. The van der Waals surface area contributed by atoms with Crippen molar-refractivity contribution in [1.82, 2.24) is 0 Å². The molecule has 2 unspecified atom stereocenters. The Morgan fingerprint density at radius 1 is 1.44 bits per heavy atom. The molecule has 16 heavy (non-hydrogen) atoms.